The second-order valence-electron chi connectivity index (χ2n) is 6.20. The highest BCUT2D eigenvalue weighted by Crippen LogP contribution is 2.12. The predicted octanol–water partition coefficient (Wildman–Crippen LogP) is 1.84. The third-order valence-corrected chi connectivity index (χ3v) is 4.54. The molecular formula is C19H22FN3O2. The van der Waals surface area contributed by atoms with Crippen molar-refractivity contribution in [1.82, 2.24) is 14.4 Å². The van der Waals surface area contributed by atoms with Crippen LogP contribution in [0.1, 0.15) is 16.8 Å². The standard InChI is InChI=1S/C19H22FN3O2/c20-17-7-2-1-6-16(17)19(25)23-11-5-9-21(13-15-23)12-14-22-10-4-3-8-18(22)24/h1-4,6-8,10H,5,9,11-15H2. The third kappa shape index (κ3) is 4.33. The van der Waals surface area contributed by atoms with Crippen LogP contribution in [0.15, 0.2) is 53.5 Å². The van der Waals surface area contributed by atoms with Crippen molar-refractivity contribution in [2.75, 3.05) is 32.7 Å². The number of hydrogen-bond acceptors (Lipinski definition) is 3. The summed E-state index contributed by atoms with van der Waals surface area (Å²) in [7, 11) is 0. The van der Waals surface area contributed by atoms with Gasteiger partial charge in [0.25, 0.3) is 11.5 Å². The Kier molecular flexibility index (Phi) is 5.60. The number of aromatic nitrogens is 1. The molecule has 6 heteroatoms. The van der Waals surface area contributed by atoms with E-state index in [1.165, 1.54) is 12.1 Å². The number of nitrogens with zero attached hydrogens (tertiary/aromatic N) is 3. The Balaban J connectivity index is 1.57. The summed E-state index contributed by atoms with van der Waals surface area (Å²) in [6.07, 6.45) is 2.62. The van der Waals surface area contributed by atoms with Gasteiger partial charge in [-0.05, 0) is 31.2 Å². The van der Waals surface area contributed by atoms with Gasteiger partial charge in [0, 0.05) is 45.0 Å². The van der Waals surface area contributed by atoms with E-state index in [-0.39, 0.29) is 17.0 Å². The van der Waals surface area contributed by atoms with E-state index >= 15 is 0 Å². The first kappa shape index (κ1) is 17.4. The van der Waals surface area contributed by atoms with Crippen LogP contribution >= 0.6 is 0 Å². The third-order valence-electron chi connectivity index (χ3n) is 4.54. The van der Waals surface area contributed by atoms with Gasteiger partial charge >= 0.3 is 0 Å². The first-order valence-electron chi connectivity index (χ1n) is 8.57. The lowest BCUT2D eigenvalue weighted by molar-refractivity contribution is 0.0756. The van der Waals surface area contributed by atoms with Gasteiger partial charge in [0.1, 0.15) is 5.82 Å². The Morgan fingerprint density at radius 3 is 2.56 bits per heavy atom. The number of amides is 1. The van der Waals surface area contributed by atoms with Crippen LogP contribution in [0.5, 0.6) is 0 Å². The van der Waals surface area contributed by atoms with Gasteiger partial charge in [0.05, 0.1) is 5.56 Å². The van der Waals surface area contributed by atoms with Crippen LogP contribution in [0.3, 0.4) is 0 Å². The zero-order valence-corrected chi connectivity index (χ0v) is 14.1. The van der Waals surface area contributed by atoms with Gasteiger partial charge in [-0.2, -0.15) is 0 Å². The molecule has 1 aliphatic rings. The van der Waals surface area contributed by atoms with Crippen LogP contribution in [0, 0.1) is 5.82 Å². The Morgan fingerprint density at radius 2 is 1.76 bits per heavy atom. The van der Waals surface area contributed by atoms with Gasteiger partial charge in [-0.3, -0.25) is 14.5 Å². The number of pyridine rings is 1. The molecule has 132 valence electrons. The van der Waals surface area contributed by atoms with Crippen LogP contribution in [0.2, 0.25) is 0 Å². The molecule has 0 spiro atoms. The Labute approximate surface area is 146 Å². The molecule has 25 heavy (non-hydrogen) atoms. The highest BCUT2D eigenvalue weighted by Gasteiger charge is 2.22. The molecule has 1 saturated heterocycles. The smallest absolute Gasteiger partial charge is 0.256 e. The summed E-state index contributed by atoms with van der Waals surface area (Å²) < 4.78 is 15.5. The minimum atomic E-state index is -0.475. The number of hydrogen-bond donors (Lipinski definition) is 0. The maximum atomic E-state index is 13.8. The summed E-state index contributed by atoms with van der Waals surface area (Å²) in [5, 5.41) is 0. The number of benzene rings is 1. The van der Waals surface area contributed by atoms with E-state index in [1.807, 2.05) is 6.07 Å². The second-order valence-corrected chi connectivity index (χ2v) is 6.20. The average Bonchev–Trinajstić information content (AvgIpc) is 2.87. The van der Waals surface area contributed by atoms with Gasteiger partial charge in [-0.15, -0.1) is 0 Å². The van der Waals surface area contributed by atoms with E-state index < -0.39 is 5.82 Å². The van der Waals surface area contributed by atoms with Crippen molar-refractivity contribution in [2.45, 2.75) is 13.0 Å². The van der Waals surface area contributed by atoms with E-state index in [1.54, 1.807) is 39.9 Å². The molecule has 3 rings (SSSR count). The topological polar surface area (TPSA) is 45.6 Å². The molecule has 1 aliphatic heterocycles. The Hall–Kier alpha value is -2.47. The van der Waals surface area contributed by atoms with E-state index in [2.05, 4.69) is 4.90 Å². The van der Waals surface area contributed by atoms with Crippen LogP contribution in [-0.2, 0) is 6.54 Å². The fourth-order valence-electron chi connectivity index (χ4n) is 3.10. The van der Waals surface area contributed by atoms with Crippen LogP contribution in [0.25, 0.3) is 0 Å². The molecule has 0 N–H and O–H groups in total. The first-order valence-corrected chi connectivity index (χ1v) is 8.57. The lowest BCUT2D eigenvalue weighted by atomic mass is 10.2. The van der Waals surface area contributed by atoms with E-state index in [4.69, 9.17) is 0 Å². The van der Waals surface area contributed by atoms with Crippen LogP contribution in [0.4, 0.5) is 4.39 Å². The largest absolute Gasteiger partial charge is 0.337 e. The first-order chi connectivity index (χ1) is 12.1. The van der Waals surface area contributed by atoms with Crippen LogP contribution < -0.4 is 5.56 Å². The van der Waals surface area contributed by atoms with Crippen molar-refractivity contribution in [1.29, 1.82) is 0 Å². The van der Waals surface area contributed by atoms with Crippen molar-refractivity contribution >= 4 is 5.91 Å². The minimum absolute atomic E-state index is 0.00585. The van der Waals surface area contributed by atoms with Gasteiger partial charge in [-0.1, -0.05) is 18.2 Å². The summed E-state index contributed by atoms with van der Waals surface area (Å²) in [5.74, 6) is -0.726. The highest BCUT2D eigenvalue weighted by atomic mass is 19.1. The molecule has 0 saturated carbocycles. The van der Waals surface area contributed by atoms with E-state index in [0.29, 0.717) is 19.6 Å². The van der Waals surface area contributed by atoms with Gasteiger partial charge in [0.2, 0.25) is 0 Å². The van der Waals surface area contributed by atoms with Gasteiger partial charge in [-0.25, -0.2) is 4.39 Å². The summed E-state index contributed by atoms with van der Waals surface area (Å²) >= 11 is 0. The Bertz CT molecular complexity index is 790. The maximum Gasteiger partial charge on any atom is 0.256 e. The second kappa shape index (κ2) is 8.07. The number of halogens is 1. The lowest BCUT2D eigenvalue weighted by Gasteiger charge is -2.22. The zero-order chi connectivity index (χ0) is 17.6. The monoisotopic (exact) mass is 343 g/mol. The molecule has 0 aliphatic carbocycles. The molecule has 2 aromatic rings. The summed E-state index contributed by atoms with van der Waals surface area (Å²) in [6.45, 7) is 4.16. The van der Waals surface area contributed by atoms with Gasteiger partial charge in [0.15, 0.2) is 0 Å². The zero-order valence-electron chi connectivity index (χ0n) is 14.1. The molecule has 0 unspecified atom stereocenters. The van der Waals surface area contributed by atoms with Crippen molar-refractivity contribution < 1.29 is 9.18 Å². The molecule has 1 amide bonds. The molecule has 1 fully saturated rings. The summed E-state index contributed by atoms with van der Waals surface area (Å²) in [6, 6.07) is 11.2. The molecule has 5 nitrogen and oxygen atoms in total. The average molecular weight is 343 g/mol. The SMILES string of the molecule is O=C(c1ccccc1F)N1CCCN(CCn2ccccc2=O)CC1. The molecule has 1 aromatic heterocycles. The molecular weight excluding hydrogens is 321 g/mol. The molecule has 0 bridgehead atoms. The molecule has 0 radical (unpaired) electrons. The van der Waals surface area contributed by atoms with E-state index in [9.17, 15) is 14.0 Å². The van der Waals surface area contributed by atoms with E-state index in [0.717, 1.165) is 26.1 Å². The lowest BCUT2D eigenvalue weighted by Crippen LogP contribution is -2.36. The fraction of sp³-hybridized carbons (Fsp3) is 0.368. The molecule has 0 atom stereocenters. The van der Waals surface area contributed by atoms with Crippen molar-refractivity contribution in [2.24, 2.45) is 0 Å². The van der Waals surface area contributed by atoms with Crippen LogP contribution in [-0.4, -0.2) is 53.0 Å². The van der Waals surface area contributed by atoms with Crippen molar-refractivity contribution in [3.8, 4) is 0 Å². The number of carbonyl (C=O) groups excluding carboxylic acids is 1. The summed E-state index contributed by atoms with van der Waals surface area (Å²) in [4.78, 5) is 28.2. The number of rotatable bonds is 4. The fourth-order valence-corrected chi connectivity index (χ4v) is 3.10. The molecule has 1 aromatic carbocycles. The molecule has 2 heterocycles. The van der Waals surface area contributed by atoms with Crippen molar-refractivity contribution in [3.05, 3.63) is 70.4 Å². The summed E-state index contributed by atoms with van der Waals surface area (Å²) in [5.41, 5.74) is 0.125. The van der Waals surface area contributed by atoms with Gasteiger partial charge < -0.3 is 9.47 Å². The minimum Gasteiger partial charge on any atom is -0.337 e. The maximum absolute atomic E-state index is 13.8. The normalized spacial score (nSPS) is 15.8. The predicted molar refractivity (Wildman–Crippen MR) is 94.1 cm³/mol. The quantitative estimate of drug-likeness (QED) is 0.851. The number of carbonyl (C=O) groups is 1. The van der Waals surface area contributed by atoms with Crippen molar-refractivity contribution in [3.63, 3.8) is 0 Å². The highest BCUT2D eigenvalue weighted by molar-refractivity contribution is 5.94. The Morgan fingerprint density at radius 1 is 0.960 bits per heavy atom.